The Kier molecular flexibility index (Phi) is 3.69. The predicted octanol–water partition coefficient (Wildman–Crippen LogP) is 6.29. The summed E-state index contributed by atoms with van der Waals surface area (Å²) < 4.78 is 0. The Bertz CT molecular complexity index is 762. The largest absolute Gasteiger partial charge is 0.377 e. The van der Waals surface area contributed by atoms with Crippen molar-refractivity contribution in [3.8, 4) is 0 Å². The van der Waals surface area contributed by atoms with E-state index in [1.807, 2.05) is 12.1 Å². The molecule has 3 unspecified atom stereocenters. The highest BCUT2D eigenvalue weighted by molar-refractivity contribution is 6.31. The maximum Gasteiger partial charge on any atom is 0.0568 e. The molecule has 1 N–H and O–H groups in total. The monoisotopic (exact) mass is 323 g/mol. The van der Waals surface area contributed by atoms with Crippen molar-refractivity contribution in [3.05, 3.63) is 76.3 Å². The molecule has 1 aliphatic heterocycles. The van der Waals surface area contributed by atoms with Crippen LogP contribution in [-0.4, -0.2) is 0 Å². The molecule has 0 aromatic heterocycles. The van der Waals surface area contributed by atoms with Crippen LogP contribution in [0.3, 0.4) is 0 Å². The third-order valence-corrected chi connectivity index (χ3v) is 5.64. The smallest absolute Gasteiger partial charge is 0.0568 e. The molecule has 0 spiro atoms. The van der Waals surface area contributed by atoms with Crippen LogP contribution < -0.4 is 5.32 Å². The van der Waals surface area contributed by atoms with Crippen LogP contribution in [0.25, 0.3) is 0 Å². The fourth-order valence-corrected chi connectivity index (χ4v) is 4.42. The first-order valence-corrected chi connectivity index (χ1v) is 8.85. The van der Waals surface area contributed by atoms with Gasteiger partial charge in [0.2, 0.25) is 0 Å². The van der Waals surface area contributed by atoms with E-state index in [9.17, 15) is 0 Å². The Morgan fingerprint density at radius 1 is 1.04 bits per heavy atom. The van der Waals surface area contributed by atoms with Gasteiger partial charge in [-0.25, -0.2) is 0 Å². The maximum atomic E-state index is 6.52. The lowest BCUT2D eigenvalue weighted by molar-refractivity contribution is 0.424. The lowest BCUT2D eigenvalue weighted by Crippen LogP contribution is -2.30. The van der Waals surface area contributed by atoms with Crippen LogP contribution in [0.2, 0.25) is 5.02 Å². The quantitative estimate of drug-likeness (QED) is 0.640. The Hall–Kier alpha value is -1.73. The molecule has 3 atom stereocenters. The first-order valence-electron chi connectivity index (χ1n) is 8.47. The van der Waals surface area contributed by atoms with E-state index in [1.165, 1.54) is 22.4 Å². The molecule has 0 saturated heterocycles. The summed E-state index contributed by atoms with van der Waals surface area (Å²) in [5.41, 5.74) is 5.38. The van der Waals surface area contributed by atoms with Gasteiger partial charge < -0.3 is 5.32 Å². The van der Waals surface area contributed by atoms with E-state index in [-0.39, 0.29) is 6.04 Å². The number of allylic oxidation sites excluding steroid dienone is 2. The summed E-state index contributed by atoms with van der Waals surface area (Å²) in [6.07, 6.45) is 5.83. The molecule has 2 aromatic rings. The topological polar surface area (TPSA) is 12.0 Å². The van der Waals surface area contributed by atoms with Crippen molar-refractivity contribution < 1.29 is 0 Å². The second-order valence-corrected chi connectivity index (χ2v) is 7.37. The normalized spacial score (nSPS) is 25.1. The summed E-state index contributed by atoms with van der Waals surface area (Å²) in [4.78, 5) is 0. The SMILES string of the molecule is CC(C)c1cccc2c1NC(c1ccccc1Cl)C1CC=CC21. The first-order chi connectivity index (χ1) is 11.2. The number of halogens is 1. The fourth-order valence-electron chi connectivity index (χ4n) is 4.16. The molecule has 0 radical (unpaired) electrons. The summed E-state index contributed by atoms with van der Waals surface area (Å²) >= 11 is 6.52. The van der Waals surface area contributed by atoms with E-state index in [2.05, 4.69) is 61.6 Å². The molecule has 23 heavy (non-hydrogen) atoms. The van der Waals surface area contributed by atoms with E-state index in [0.29, 0.717) is 17.8 Å². The van der Waals surface area contributed by atoms with Crippen molar-refractivity contribution in [3.63, 3.8) is 0 Å². The molecule has 1 heterocycles. The van der Waals surface area contributed by atoms with Crippen LogP contribution in [0.15, 0.2) is 54.6 Å². The molecule has 0 fully saturated rings. The zero-order valence-corrected chi connectivity index (χ0v) is 14.3. The van der Waals surface area contributed by atoms with Crippen LogP contribution in [0.5, 0.6) is 0 Å². The summed E-state index contributed by atoms with van der Waals surface area (Å²) in [5, 5.41) is 4.71. The van der Waals surface area contributed by atoms with Gasteiger partial charge in [0, 0.05) is 16.6 Å². The minimum Gasteiger partial charge on any atom is -0.377 e. The van der Waals surface area contributed by atoms with Crippen LogP contribution in [0.4, 0.5) is 5.69 Å². The van der Waals surface area contributed by atoms with Crippen molar-refractivity contribution >= 4 is 17.3 Å². The molecule has 2 aliphatic rings. The van der Waals surface area contributed by atoms with Crippen molar-refractivity contribution in [1.29, 1.82) is 0 Å². The summed E-state index contributed by atoms with van der Waals surface area (Å²) in [5.74, 6) is 1.54. The van der Waals surface area contributed by atoms with Crippen molar-refractivity contribution in [1.82, 2.24) is 0 Å². The highest BCUT2D eigenvalue weighted by Gasteiger charge is 2.39. The minimum absolute atomic E-state index is 0.274. The third-order valence-electron chi connectivity index (χ3n) is 5.29. The Labute approximate surface area is 143 Å². The number of para-hydroxylation sites is 1. The standard InChI is InChI=1S/C21H22ClN/c1-13(2)14-8-5-10-16-15-9-6-11-17(15)21(23-20(14)16)18-7-3-4-12-19(18)22/h3-10,12-13,15,17,21,23H,11H2,1-2H3. The van der Waals surface area contributed by atoms with Gasteiger partial charge in [0.1, 0.15) is 0 Å². The summed E-state index contributed by atoms with van der Waals surface area (Å²) in [7, 11) is 0. The highest BCUT2D eigenvalue weighted by Crippen LogP contribution is 2.52. The molecule has 4 rings (SSSR count). The third kappa shape index (κ3) is 2.38. The van der Waals surface area contributed by atoms with E-state index >= 15 is 0 Å². The van der Waals surface area contributed by atoms with E-state index in [1.54, 1.807) is 0 Å². The van der Waals surface area contributed by atoms with Gasteiger partial charge in [-0.2, -0.15) is 0 Å². The van der Waals surface area contributed by atoms with Crippen LogP contribution in [0, 0.1) is 5.92 Å². The summed E-state index contributed by atoms with van der Waals surface area (Å²) in [6, 6.07) is 15.3. The molecule has 0 amide bonds. The average molecular weight is 324 g/mol. The second-order valence-electron chi connectivity index (χ2n) is 6.96. The molecule has 2 aromatic carbocycles. The molecule has 1 aliphatic carbocycles. The zero-order chi connectivity index (χ0) is 16.0. The van der Waals surface area contributed by atoms with Crippen molar-refractivity contribution in [2.24, 2.45) is 5.92 Å². The number of anilines is 1. The molecule has 118 valence electrons. The van der Waals surface area contributed by atoms with E-state index < -0.39 is 0 Å². The first kappa shape index (κ1) is 14.8. The molecule has 0 saturated carbocycles. The van der Waals surface area contributed by atoms with Gasteiger partial charge in [0.05, 0.1) is 6.04 Å². The van der Waals surface area contributed by atoms with Crippen LogP contribution in [-0.2, 0) is 0 Å². The molecule has 2 heteroatoms. The van der Waals surface area contributed by atoms with Gasteiger partial charge in [0.15, 0.2) is 0 Å². The summed E-state index contributed by atoms with van der Waals surface area (Å²) in [6.45, 7) is 4.52. The number of hydrogen-bond donors (Lipinski definition) is 1. The van der Waals surface area contributed by atoms with Crippen LogP contribution >= 0.6 is 11.6 Å². The Morgan fingerprint density at radius 3 is 2.61 bits per heavy atom. The zero-order valence-electron chi connectivity index (χ0n) is 13.6. The van der Waals surface area contributed by atoms with Gasteiger partial charge in [-0.1, -0.05) is 74.0 Å². The number of benzene rings is 2. The number of rotatable bonds is 2. The van der Waals surface area contributed by atoms with Crippen molar-refractivity contribution in [2.45, 2.75) is 38.1 Å². The van der Waals surface area contributed by atoms with Gasteiger partial charge in [-0.3, -0.25) is 0 Å². The average Bonchev–Trinajstić information content (AvgIpc) is 3.04. The Balaban J connectivity index is 1.86. The number of fused-ring (bicyclic) bond motifs is 3. The lowest BCUT2D eigenvalue weighted by Gasteiger charge is -2.39. The lowest BCUT2D eigenvalue weighted by atomic mass is 9.75. The molecular weight excluding hydrogens is 302 g/mol. The maximum absolute atomic E-state index is 6.52. The number of hydrogen-bond acceptors (Lipinski definition) is 1. The van der Waals surface area contributed by atoms with Gasteiger partial charge >= 0.3 is 0 Å². The second kappa shape index (κ2) is 5.72. The molecule has 1 nitrogen and oxygen atoms in total. The van der Waals surface area contributed by atoms with Gasteiger partial charge in [-0.05, 0) is 41.0 Å². The molecular formula is C21H22ClN. The van der Waals surface area contributed by atoms with Gasteiger partial charge in [0.25, 0.3) is 0 Å². The van der Waals surface area contributed by atoms with E-state index in [0.717, 1.165) is 11.4 Å². The Morgan fingerprint density at radius 2 is 1.83 bits per heavy atom. The fraction of sp³-hybridized carbons (Fsp3) is 0.333. The highest BCUT2D eigenvalue weighted by atomic mass is 35.5. The number of nitrogens with one attached hydrogen (secondary N) is 1. The van der Waals surface area contributed by atoms with Crippen molar-refractivity contribution in [2.75, 3.05) is 5.32 Å². The predicted molar refractivity (Wildman–Crippen MR) is 98.3 cm³/mol. The molecule has 0 bridgehead atoms. The minimum atomic E-state index is 0.274. The van der Waals surface area contributed by atoms with Gasteiger partial charge in [-0.15, -0.1) is 0 Å². The van der Waals surface area contributed by atoms with Crippen LogP contribution in [0.1, 0.15) is 54.8 Å². The van der Waals surface area contributed by atoms with E-state index in [4.69, 9.17) is 11.6 Å².